The Morgan fingerprint density at radius 3 is 2.28 bits per heavy atom. The highest BCUT2D eigenvalue weighted by atomic mass is 35.5. The van der Waals surface area contributed by atoms with E-state index in [1.807, 2.05) is 36.4 Å². The summed E-state index contributed by atoms with van der Waals surface area (Å²) in [6.45, 7) is 4.50. The third kappa shape index (κ3) is 6.11. The van der Waals surface area contributed by atoms with Crippen molar-refractivity contribution in [3.8, 4) is 0 Å². The Bertz CT molecular complexity index is 1450. The molecule has 36 heavy (non-hydrogen) atoms. The molecule has 3 aromatic carbocycles. The summed E-state index contributed by atoms with van der Waals surface area (Å²) in [6.07, 6.45) is 3.16. The summed E-state index contributed by atoms with van der Waals surface area (Å²) >= 11 is 6.09. The number of amides is 1. The summed E-state index contributed by atoms with van der Waals surface area (Å²) in [6, 6.07) is 25.3. The predicted molar refractivity (Wildman–Crippen MR) is 141 cm³/mol. The fourth-order valence-electron chi connectivity index (χ4n) is 3.93. The summed E-state index contributed by atoms with van der Waals surface area (Å²) in [4.78, 5) is 19.2. The fraction of sp³-hybridized carbons (Fsp3) is 0.143. The first-order valence-corrected chi connectivity index (χ1v) is 13.4. The minimum Gasteiger partial charge on any atom is -0.329 e. The van der Waals surface area contributed by atoms with E-state index in [0.717, 1.165) is 5.56 Å². The highest BCUT2D eigenvalue weighted by molar-refractivity contribution is 7.90. The first-order valence-electron chi connectivity index (χ1n) is 11.4. The lowest BCUT2D eigenvalue weighted by Gasteiger charge is -2.22. The molecule has 0 fully saturated rings. The fourth-order valence-corrected chi connectivity index (χ4v) is 5.62. The van der Waals surface area contributed by atoms with Crippen LogP contribution in [0.25, 0.3) is 0 Å². The van der Waals surface area contributed by atoms with Gasteiger partial charge in [-0.05, 0) is 29.3 Å². The van der Waals surface area contributed by atoms with Crippen molar-refractivity contribution in [2.45, 2.75) is 24.0 Å². The smallest absolute Gasteiger partial charge is 0.254 e. The second kappa shape index (κ2) is 11.4. The first-order chi connectivity index (χ1) is 17.4. The molecular weight excluding hydrogens is 494 g/mol. The molecule has 6 nitrogen and oxygen atoms in total. The van der Waals surface area contributed by atoms with E-state index >= 15 is 0 Å². The number of nitrogens with zero attached hydrogens (tertiary/aromatic N) is 3. The van der Waals surface area contributed by atoms with E-state index < -0.39 is 9.84 Å². The van der Waals surface area contributed by atoms with Gasteiger partial charge in [0.25, 0.3) is 5.91 Å². The summed E-state index contributed by atoms with van der Waals surface area (Å²) < 4.78 is 28.5. The molecule has 0 spiro atoms. The summed E-state index contributed by atoms with van der Waals surface area (Å²) in [5.41, 5.74) is 2.64. The Morgan fingerprint density at radius 1 is 0.972 bits per heavy atom. The van der Waals surface area contributed by atoms with E-state index in [-0.39, 0.29) is 29.9 Å². The zero-order valence-electron chi connectivity index (χ0n) is 19.6. The molecule has 0 aliphatic carbocycles. The van der Waals surface area contributed by atoms with Gasteiger partial charge in [0.1, 0.15) is 0 Å². The maximum Gasteiger partial charge on any atom is 0.254 e. The molecule has 4 aromatic rings. The lowest BCUT2D eigenvalue weighted by atomic mass is 10.2. The number of halogens is 1. The Morgan fingerprint density at radius 2 is 1.64 bits per heavy atom. The van der Waals surface area contributed by atoms with Gasteiger partial charge in [-0.1, -0.05) is 84.4 Å². The third-order valence-corrected chi connectivity index (χ3v) is 7.45. The highest BCUT2D eigenvalue weighted by Crippen LogP contribution is 2.21. The van der Waals surface area contributed by atoms with Crippen LogP contribution in [-0.2, 0) is 28.7 Å². The number of sulfone groups is 1. The van der Waals surface area contributed by atoms with Crippen molar-refractivity contribution in [3.63, 3.8) is 0 Å². The number of aromatic nitrogens is 2. The monoisotopic (exact) mass is 519 g/mol. The van der Waals surface area contributed by atoms with Crippen LogP contribution in [0.1, 0.15) is 27.2 Å². The van der Waals surface area contributed by atoms with Crippen molar-refractivity contribution in [1.29, 1.82) is 0 Å². The molecule has 0 aliphatic heterocycles. The van der Waals surface area contributed by atoms with Gasteiger partial charge >= 0.3 is 0 Å². The van der Waals surface area contributed by atoms with Crippen molar-refractivity contribution < 1.29 is 13.2 Å². The zero-order valence-corrected chi connectivity index (χ0v) is 21.2. The molecule has 0 atom stereocenters. The van der Waals surface area contributed by atoms with Gasteiger partial charge in [0.05, 0.1) is 30.7 Å². The predicted octanol–water partition coefficient (Wildman–Crippen LogP) is 5.39. The number of carbonyl (C=O) groups excluding carboxylic acids is 1. The molecule has 184 valence electrons. The van der Waals surface area contributed by atoms with Crippen molar-refractivity contribution in [1.82, 2.24) is 14.5 Å². The van der Waals surface area contributed by atoms with Crippen LogP contribution in [0.4, 0.5) is 0 Å². The van der Waals surface area contributed by atoms with Crippen LogP contribution in [0.15, 0.2) is 109 Å². The molecule has 1 amide bonds. The highest BCUT2D eigenvalue weighted by Gasteiger charge is 2.26. The molecule has 0 bridgehead atoms. The number of hydrogen-bond acceptors (Lipinski definition) is 4. The number of carbonyl (C=O) groups is 1. The minimum absolute atomic E-state index is 0.0287. The largest absolute Gasteiger partial charge is 0.329 e. The minimum atomic E-state index is -3.76. The number of hydrogen-bond donors (Lipinski definition) is 0. The van der Waals surface area contributed by atoms with Crippen molar-refractivity contribution >= 4 is 27.3 Å². The maximum atomic E-state index is 13.4. The number of benzene rings is 3. The van der Waals surface area contributed by atoms with E-state index in [1.54, 1.807) is 64.1 Å². The Hall–Kier alpha value is -3.68. The van der Waals surface area contributed by atoms with E-state index in [0.29, 0.717) is 28.4 Å². The maximum absolute atomic E-state index is 13.4. The van der Waals surface area contributed by atoms with E-state index in [9.17, 15) is 13.2 Å². The average Bonchev–Trinajstić information content (AvgIpc) is 3.27. The lowest BCUT2D eigenvalue weighted by molar-refractivity contribution is 0.0759. The Labute approximate surface area is 216 Å². The lowest BCUT2D eigenvalue weighted by Crippen LogP contribution is -2.32. The Kier molecular flexibility index (Phi) is 8.03. The number of rotatable bonds is 10. The molecule has 0 N–H and O–H groups in total. The first kappa shape index (κ1) is 25.4. The van der Waals surface area contributed by atoms with Crippen molar-refractivity contribution in [2.75, 3.05) is 6.54 Å². The second-order valence-corrected chi connectivity index (χ2v) is 10.7. The molecule has 4 rings (SSSR count). The van der Waals surface area contributed by atoms with Crippen molar-refractivity contribution in [2.24, 2.45) is 0 Å². The van der Waals surface area contributed by atoms with Crippen LogP contribution < -0.4 is 0 Å². The summed E-state index contributed by atoms with van der Waals surface area (Å²) in [7, 11) is -3.76. The second-order valence-electron chi connectivity index (χ2n) is 8.33. The van der Waals surface area contributed by atoms with Crippen LogP contribution in [0.3, 0.4) is 0 Å². The van der Waals surface area contributed by atoms with Gasteiger partial charge in [0, 0.05) is 17.1 Å². The molecule has 0 radical (unpaired) electrons. The van der Waals surface area contributed by atoms with Gasteiger partial charge in [-0.3, -0.25) is 4.79 Å². The van der Waals surface area contributed by atoms with Crippen LogP contribution in [-0.4, -0.2) is 35.3 Å². The van der Waals surface area contributed by atoms with Gasteiger partial charge in [0.15, 0.2) is 0 Å². The SMILES string of the molecule is C=CCN(Cc1cnc(S(=O)(=O)Cc2ccccc2)n1Cc1ccccc1)C(=O)c1cccc(Cl)c1. The summed E-state index contributed by atoms with van der Waals surface area (Å²) in [5.74, 6) is -0.407. The topological polar surface area (TPSA) is 72.3 Å². The molecule has 1 aromatic heterocycles. The third-order valence-electron chi connectivity index (χ3n) is 5.62. The van der Waals surface area contributed by atoms with E-state index in [4.69, 9.17) is 11.6 Å². The quantitative estimate of drug-likeness (QED) is 0.263. The van der Waals surface area contributed by atoms with Crippen LogP contribution >= 0.6 is 11.6 Å². The molecule has 8 heteroatoms. The molecule has 0 aliphatic rings. The van der Waals surface area contributed by atoms with Gasteiger partial charge < -0.3 is 9.47 Å². The zero-order chi connectivity index (χ0) is 25.5. The van der Waals surface area contributed by atoms with E-state index in [2.05, 4.69) is 11.6 Å². The van der Waals surface area contributed by atoms with Gasteiger partial charge in [-0.15, -0.1) is 6.58 Å². The molecule has 0 saturated heterocycles. The van der Waals surface area contributed by atoms with Gasteiger partial charge in [0.2, 0.25) is 15.0 Å². The molecular formula is C28H26ClN3O3S. The molecule has 0 unspecified atom stereocenters. The van der Waals surface area contributed by atoms with Crippen molar-refractivity contribution in [3.05, 3.63) is 131 Å². The average molecular weight is 520 g/mol. The molecule has 0 saturated carbocycles. The number of imidazole rings is 1. The molecule has 1 heterocycles. The van der Waals surface area contributed by atoms with Gasteiger partial charge in [-0.2, -0.15) is 0 Å². The standard InChI is InChI=1S/C28H26ClN3O3S/c1-2-16-31(27(33)24-14-9-15-25(29)17-24)20-26-18-30-28(32(26)19-22-10-5-3-6-11-22)36(34,35)21-23-12-7-4-8-13-23/h2-15,17-18H,1,16,19-21H2. The van der Waals surface area contributed by atoms with Crippen LogP contribution in [0.2, 0.25) is 5.02 Å². The van der Waals surface area contributed by atoms with Crippen LogP contribution in [0, 0.1) is 0 Å². The van der Waals surface area contributed by atoms with Crippen LogP contribution in [0.5, 0.6) is 0 Å². The Balaban J connectivity index is 1.71. The summed E-state index contributed by atoms with van der Waals surface area (Å²) in [5, 5.41) is 0.432. The normalized spacial score (nSPS) is 11.2. The van der Waals surface area contributed by atoms with E-state index in [1.165, 1.54) is 6.20 Å². The van der Waals surface area contributed by atoms with Gasteiger partial charge in [-0.25, -0.2) is 13.4 Å².